The second-order valence-electron chi connectivity index (χ2n) is 3.58. The van der Waals surface area contributed by atoms with Crippen molar-refractivity contribution in [2.75, 3.05) is 20.5 Å². The lowest BCUT2D eigenvalue weighted by Crippen LogP contribution is -2.29. The van der Waals surface area contributed by atoms with E-state index in [1.165, 1.54) is 6.92 Å². The van der Waals surface area contributed by atoms with Crippen LogP contribution in [0.4, 0.5) is 0 Å². The van der Waals surface area contributed by atoms with Gasteiger partial charge in [0.1, 0.15) is 6.79 Å². The topological polar surface area (TPSA) is 47.6 Å². The van der Waals surface area contributed by atoms with E-state index in [4.69, 9.17) is 21.1 Å². The molecule has 1 rings (SSSR count). The van der Waals surface area contributed by atoms with Crippen LogP contribution in [-0.4, -0.2) is 26.4 Å². The molecule has 1 N–H and O–H groups in total. The fourth-order valence-corrected chi connectivity index (χ4v) is 1.54. The molecule has 4 nitrogen and oxygen atoms in total. The van der Waals surface area contributed by atoms with Gasteiger partial charge in [-0.2, -0.15) is 0 Å². The van der Waals surface area contributed by atoms with E-state index in [2.05, 4.69) is 5.32 Å². The molecule has 1 aromatic carbocycles. The van der Waals surface area contributed by atoms with E-state index in [0.29, 0.717) is 11.6 Å². The van der Waals surface area contributed by atoms with Crippen LogP contribution >= 0.6 is 11.6 Å². The van der Waals surface area contributed by atoms with E-state index in [0.717, 1.165) is 5.56 Å². The largest absolute Gasteiger partial charge is 0.359 e. The van der Waals surface area contributed by atoms with Crippen molar-refractivity contribution < 1.29 is 14.3 Å². The van der Waals surface area contributed by atoms with Crippen LogP contribution in [0.15, 0.2) is 24.3 Å². The minimum Gasteiger partial charge on any atom is -0.359 e. The van der Waals surface area contributed by atoms with E-state index in [9.17, 15) is 4.79 Å². The van der Waals surface area contributed by atoms with Crippen molar-refractivity contribution >= 4 is 17.5 Å². The van der Waals surface area contributed by atoms with Crippen LogP contribution in [0.1, 0.15) is 18.5 Å². The third-order valence-electron chi connectivity index (χ3n) is 2.14. The molecule has 94 valence electrons. The van der Waals surface area contributed by atoms with Crippen LogP contribution in [0.5, 0.6) is 0 Å². The lowest BCUT2D eigenvalue weighted by Gasteiger charge is -2.18. The molecule has 1 atom stereocenters. The molecule has 5 heteroatoms. The maximum absolute atomic E-state index is 11.1. The first kappa shape index (κ1) is 14.0. The average molecular weight is 258 g/mol. The molecule has 0 heterocycles. The molecule has 0 aliphatic rings. The minimum absolute atomic E-state index is 0.106. The fraction of sp³-hybridized carbons (Fsp3) is 0.417. The normalized spacial score (nSPS) is 12.2. The highest BCUT2D eigenvalue weighted by molar-refractivity contribution is 6.30. The molecular formula is C12H16ClNO3. The summed E-state index contributed by atoms with van der Waals surface area (Å²) in [6, 6.07) is 7.09. The van der Waals surface area contributed by atoms with Crippen LogP contribution in [0.3, 0.4) is 0 Å². The number of ether oxygens (including phenoxy) is 2. The predicted molar refractivity (Wildman–Crippen MR) is 65.8 cm³/mol. The molecule has 17 heavy (non-hydrogen) atoms. The zero-order valence-electron chi connectivity index (χ0n) is 9.90. The molecule has 1 aromatic rings. The number of hydrogen-bond acceptors (Lipinski definition) is 3. The lowest BCUT2D eigenvalue weighted by molar-refractivity contribution is -0.120. The van der Waals surface area contributed by atoms with Gasteiger partial charge in [-0.25, -0.2) is 0 Å². The number of amides is 1. The van der Waals surface area contributed by atoms with E-state index >= 15 is 0 Å². The highest BCUT2D eigenvalue weighted by Gasteiger charge is 2.12. The molecule has 0 unspecified atom stereocenters. The van der Waals surface area contributed by atoms with Gasteiger partial charge in [-0.15, -0.1) is 0 Å². The Kier molecular flexibility index (Phi) is 5.97. The van der Waals surface area contributed by atoms with E-state index in [1.54, 1.807) is 19.2 Å². The number of rotatable bonds is 6. The Hall–Kier alpha value is -1.10. The quantitative estimate of drug-likeness (QED) is 0.627. The van der Waals surface area contributed by atoms with Gasteiger partial charge in [0.05, 0.1) is 12.6 Å². The molecule has 0 saturated carbocycles. The Morgan fingerprint density at radius 3 is 2.59 bits per heavy atom. The maximum Gasteiger partial charge on any atom is 0.217 e. The van der Waals surface area contributed by atoms with Gasteiger partial charge >= 0.3 is 0 Å². The number of methoxy groups -OCH3 is 1. The third-order valence-corrected chi connectivity index (χ3v) is 2.39. The first-order valence-corrected chi connectivity index (χ1v) is 5.60. The van der Waals surface area contributed by atoms with Crippen molar-refractivity contribution in [3.05, 3.63) is 34.9 Å². The van der Waals surface area contributed by atoms with Gasteiger partial charge in [0.15, 0.2) is 0 Å². The van der Waals surface area contributed by atoms with Gasteiger partial charge in [-0.3, -0.25) is 4.79 Å². The van der Waals surface area contributed by atoms with Crippen molar-refractivity contribution in [3.8, 4) is 0 Å². The van der Waals surface area contributed by atoms with Crippen molar-refractivity contribution in [2.45, 2.75) is 13.0 Å². The van der Waals surface area contributed by atoms with Gasteiger partial charge in [-0.05, 0) is 17.7 Å². The Balaban J connectivity index is 2.67. The smallest absolute Gasteiger partial charge is 0.217 e. The summed E-state index contributed by atoms with van der Waals surface area (Å²) >= 11 is 5.81. The molecule has 0 spiro atoms. The Bertz CT molecular complexity index is 353. The van der Waals surface area contributed by atoms with Crippen molar-refractivity contribution in [1.82, 2.24) is 5.32 Å². The molecule has 0 radical (unpaired) electrons. The van der Waals surface area contributed by atoms with Gasteiger partial charge in [0, 0.05) is 19.1 Å². The summed E-state index contributed by atoms with van der Waals surface area (Å²) < 4.78 is 10.1. The van der Waals surface area contributed by atoms with Crippen LogP contribution in [0.2, 0.25) is 5.02 Å². The summed E-state index contributed by atoms with van der Waals surface area (Å²) in [5.41, 5.74) is 0.945. The minimum atomic E-state index is -0.195. The predicted octanol–water partition coefficient (Wildman–Crippen LogP) is 2.14. The molecule has 0 fully saturated rings. The molecule has 0 saturated heterocycles. The first-order valence-electron chi connectivity index (χ1n) is 5.22. The van der Waals surface area contributed by atoms with Crippen LogP contribution in [0.25, 0.3) is 0 Å². The van der Waals surface area contributed by atoms with Gasteiger partial charge < -0.3 is 14.8 Å². The van der Waals surface area contributed by atoms with Crippen molar-refractivity contribution in [1.29, 1.82) is 0 Å². The maximum atomic E-state index is 11.1. The van der Waals surface area contributed by atoms with Crippen LogP contribution < -0.4 is 5.32 Å². The first-order chi connectivity index (χ1) is 8.13. The molecular weight excluding hydrogens is 242 g/mol. The number of hydrogen-bond donors (Lipinski definition) is 1. The summed E-state index contributed by atoms with van der Waals surface area (Å²) in [5.74, 6) is -0.106. The molecule has 1 amide bonds. The van der Waals surface area contributed by atoms with E-state index in [1.807, 2.05) is 12.1 Å². The van der Waals surface area contributed by atoms with E-state index < -0.39 is 0 Å². The summed E-state index contributed by atoms with van der Waals surface area (Å²) in [7, 11) is 1.55. The zero-order valence-corrected chi connectivity index (χ0v) is 10.7. The second-order valence-corrected chi connectivity index (χ2v) is 4.02. The number of benzene rings is 1. The lowest BCUT2D eigenvalue weighted by atomic mass is 10.1. The SMILES string of the molecule is COCOC[C@@H](NC(C)=O)c1ccc(Cl)cc1. The van der Waals surface area contributed by atoms with Gasteiger partial charge in [0.25, 0.3) is 0 Å². The van der Waals surface area contributed by atoms with Crippen molar-refractivity contribution in [3.63, 3.8) is 0 Å². The Morgan fingerprint density at radius 2 is 2.06 bits per heavy atom. The summed E-state index contributed by atoms with van der Waals surface area (Å²) in [4.78, 5) is 11.1. The van der Waals surface area contributed by atoms with Gasteiger partial charge in [-0.1, -0.05) is 23.7 Å². The van der Waals surface area contributed by atoms with Crippen LogP contribution in [0, 0.1) is 0 Å². The number of carbonyl (C=O) groups is 1. The molecule has 0 aliphatic carbocycles. The Morgan fingerprint density at radius 1 is 1.41 bits per heavy atom. The van der Waals surface area contributed by atoms with Crippen LogP contribution in [-0.2, 0) is 14.3 Å². The Labute approximate surface area is 106 Å². The highest BCUT2D eigenvalue weighted by atomic mass is 35.5. The zero-order chi connectivity index (χ0) is 12.7. The summed E-state index contributed by atoms with van der Waals surface area (Å²) in [5, 5.41) is 3.47. The average Bonchev–Trinajstić information content (AvgIpc) is 2.28. The fourth-order valence-electron chi connectivity index (χ4n) is 1.41. The van der Waals surface area contributed by atoms with E-state index in [-0.39, 0.29) is 18.7 Å². The third kappa shape index (κ3) is 5.17. The number of halogens is 1. The molecule has 0 bridgehead atoms. The molecule has 0 aromatic heterocycles. The second kappa shape index (κ2) is 7.27. The summed E-state index contributed by atoms with van der Waals surface area (Å²) in [6.45, 7) is 2.03. The molecule has 0 aliphatic heterocycles. The standard InChI is InChI=1S/C12H16ClNO3/c1-9(15)14-12(7-17-8-16-2)10-3-5-11(13)6-4-10/h3-6,12H,7-8H2,1-2H3,(H,14,15)/t12-/m1/s1. The monoisotopic (exact) mass is 257 g/mol. The highest BCUT2D eigenvalue weighted by Crippen LogP contribution is 2.17. The van der Waals surface area contributed by atoms with Crippen molar-refractivity contribution in [2.24, 2.45) is 0 Å². The van der Waals surface area contributed by atoms with Gasteiger partial charge in [0.2, 0.25) is 5.91 Å². The number of nitrogens with one attached hydrogen (secondary N) is 1. The summed E-state index contributed by atoms with van der Waals surface area (Å²) in [6.07, 6.45) is 0. The number of carbonyl (C=O) groups excluding carboxylic acids is 1.